The molecule has 1 aromatic carbocycles. The van der Waals surface area contributed by atoms with Crippen LogP contribution in [0.1, 0.15) is 34.6 Å². The summed E-state index contributed by atoms with van der Waals surface area (Å²) >= 11 is 5.00. The second-order valence-electron chi connectivity index (χ2n) is 3.77. The first-order valence-corrected chi connectivity index (χ1v) is 9.01. The van der Waals surface area contributed by atoms with E-state index in [0.717, 1.165) is 10.2 Å². The first-order chi connectivity index (χ1) is 10.6. The lowest BCUT2D eigenvalue weighted by Crippen LogP contribution is -1.78. The molecule has 0 unspecified atom stereocenters. The van der Waals surface area contributed by atoms with Gasteiger partial charge in [-0.2, -0.15) is 0 Å². The molecule has 0 spiro atoms. The third-order valence-corrected chi connectivity index (χ3v) is 3.82. The summed E-state index contributed by atoms with van der Waals surface area (Å²) in [5.74, 6) is 0. The molecule has 2 rings (SSSR count). The summed E-state index contributed by atoms with van der Waals surface area (Å²) < 4.78 is 2.40. The minimum atomic E-state index is 0.889. The molecule has 0 saturated heterocycles. The van der Waals surface area contributed by atoms with Crippen molar-refractivity contribution < 1.29 is 0 Å². The fourth-order valence-electron chi connectivity index (χ4n) is 1.25. The fourth-order valence-corrected chi connectivity index (χ4v) is 2.37. The highest BCUT2D eigenvalue weighted by Gasteiger charge is 1.96. The number of benzene rings is 1. The van der Waals surface area contributed by atoms with E-state index in [2.05, 4.69) is 28.6 Å². The van der Waals surface area contributed by atoms with Crippen molar-refractivity contribution in [3.63, 3.8) is 0 Å². The Morgan fingerprint density at radius 2 is 1.73 bits per heavy atom. The van der Waals surface area contributed by atoms with Crippen molar-refractivity contribution in [2.75, 3.05) is 5.73 Å². The van der Waals surface area contributed by atoms with E-state index in [4.69, 9.17) is 5.73 Å². The van der Waals surface area contributed by atoms with Gasteiger partial charge in [-0.25, -0.2) is 0 Å². The van der Waals surface area contributed by atoms with Crippen LogP contribution in [-0.4, -0.2) is 0 Å². The molecule has 0 aliphatic rings. The third kappa shape index (κ3) is 10.4. The fraction of sp³-hybridized carbons (Fsp3) is 0.263. The maximum atomic E-state index is 5.69. The molecular weight excluding hydrogens is 354 g/mol. The molecule has 22 heavy (non-hydrogen) atoms. The quantitative estimate of drug-likeness (QED) is 0.400. The summed E-state index contributed by atoms with van der Waals surface area (Å²) in [7, 11) is 0. The van der Waals surface area contributed by atoms with Crippen molar-refractivity contribution in [3.8, 4) is 0 Å². The van der Waals surface area contributed by atoms with Gasteiger partial charge in [-0.3, -0.25) is 0 Å². The summed E-state index contributed by atoms with van der Waals surface area (Å²) in [5.41, 5.74) is 6.58. The van der Waals surface area contributed by atoms with Crippen molar-refractivity contribution in [3.05, 3.63) is 65.0 Å². The molecule has 0 radical (unpaired) electrons. The average molecular weight is 382 g/mol. The Morgan fingerprint density at radius 1 is 1.18 bits per heavy atom. The maximum Gasteiger partial charge on any atom is 0.0502 e. The lowest BCUT2D eigenvalue weighted by atomic mass is 10.2. The Balaban J connectivity index is 0. The number of thiophene rings is 1. The van der Waals surface area contributed by atoms with Crippen LogP contribution in [0.15, 0.2) is 65.0 Å². The molecule has 3 heteroatoms. The lowest BCUT2D eigenvalue weighted by Gasteiger charge is -1.87. The molecule has 0 saturated carbocycles. The van der Waals surface area contributed by atoms with E-state index in [1.54, 1.807) is 17.4 Å². The van der Waals surface area contributed by atoms with Gasteiger partial charge in [-0.05, 0) is 26.8 Å². The zero-order valence-electron chi connectivity index (χ0n) is 14.3. The van der Waals surface area contributed by atoms with Crippen LogP contribution < -0.4 is 5.73 Å². The highest BCUT2D eigenvalue weighted by molar-refractivity contribution is 9.11. The minimum Gasteiger partial charge on any atom is -0.398 e. The number of anilines is 1. The molecule has 1 nitrogen and oxygen atoms in total. The number of allylic oxidation sites excluding steroid dienone is 5. The molecule has 0 atom stereocenters. The van der Waals surface area contributed by atoms with Crippen LogP contribution >= 0.6 is 27.3 Å². The predicted octanol–water partition coefficient (Wildman–Crippen LogP) is 7.56. The van der Waals surface area contributed by atoms with Gasteiger partial charge >= 0.3 is 0 Å². The highest BCUT2D eigenvalue weighted by atomic mass is 79.9. The van der Waals surface area contributed by atoms with Gasteiger partial charge in [0, 0.05) is 19.9 Å². The van der Waals surface area contributed by atoms with Crippen LogP contribution in [0.3, 0.4) is 0 Å². The number of nitrogens with two attached hydrogens (primary N) is 1. The van der Waals surface area contributed by atoms with Crippen LogP contribution in [0.2, 0.25) is 0 Å². The van der Waals surface area contributed by atoms with Gasteiger partial charge in [0.25, 0.3) is 0 Å². The summed E-state index contributed by atoms with van der Waals surface area (Å²) in [4.78, 5) is 0. The summed E-state index contributed by atoms with van der Waals surface area (Å²) in [5, 5.41) is 3.15. The van der Waals surface area contributed by atoms with Gasteiger partial charge < -0.3 is 5.73 Å². The summed E-state index contributed by atoms with van der Waals surface area (Å²) in [6.07, 6.45) is 7.74. The van der Waals surface area contributed by atoms with Crippen LogP contribution in [0.4, 0.5) is 5.69 Å². The first kappa shape index (κ1) is 23.0. The largest absolute Gasteiger partial charge is 0.398 e. The van der Waals surface area contributed by atoms with Gasteiger partial charge in [0.2, 0.25) is 0 Å². The topological polar surface area (TPSA) is 26.0 Å². The second-order valence-corrected chi connectivity index (χ2v) is 5.60. The monoisotopic (exact) mass is 381 g/mol. The van der Waals surface area contributed by atoms with Crippen molar-refractivity contribution in [2.45, 2.75) is 34.6 Å². The van der Waals surface area contributed by atoms with Crippen molar-refractivity contribution in [1.29, 1.82) is 0 Å². The van der Waals surface area contributed by atoms with Crippen molar-refractivity contribution in [1.82, 2.24) is 0 Å². The number of rotatable bonds is 1. The molecule has 1 heterocycles. The summed E-state index contributed by atoms with van der Waals surface area (Å²) in [6.45, 7) is 13.2. The normalized spacial score (nSPS) is 9.82. The molecule has 0 fully saturated rings. The van der Waals surface area contributed by atoms with Gasteiger partial charge in [-0.1, -0.05) is 72.3 Å². The van der Waals surface area contributed by atoms with Gasteiger partial charge in [-0.15, -0.1) is 17.9 Å². The molecule has 0 aliphatic carbocycles. The molecule has 0 bridgehead atoms. The highest BCUT2D eigenvalue weighted by Crippen LogP contribution is 2.26. The number of halogens is 1. The van der Waals surface area contributed by atoms with Crippen LogP contribution in [0, 0.1) is 0 Å². The molecule has 0 aliphatic heterocycles. The molecule has 2 aromatic rings. The average Bonchev–Trinajstić information content (AvgIpc) is 2.93. The van der Waals surface area contributed by atoms with Crippen LogP contribution in [-0.2, 0) is 0 Å². The zero-order valence-corrected chi connectivity index (χ0v) is 16.7. The standard InChI is InChI=1S/C8H7NS.C6H9Br.C3H6.C2H6/c9-7-5-10-8-4-2-1-3-6(7)8;1-3-5-6(7)4-2;1-3-2;1-2/h1-5H,9H2;3-5H,1-2H3;3H,1H2,2H3;1-2H3/b;5-3-,6-4+;;. The maximum absolute atomic E-state index is 5.69. The van der Waals surface area contributed by atoms with Crippen LogP contribution in [0.5, 0.6) is 0 Å². The third-order valence-electron chi connectivity index (χ3n) is 2.11. The SMILES string of the molecule is C/C=C\C(Br)=C/C.C=CC.CC.Nc1csc2ccccc12. The molecule has 1 aromatic heterocycles. The van der Waals surface area contributed by atoms with E-state index < -0.39 is 0 Å². The van der Waals surface area contributed by atoms with Crippen molar-refractivity contribution in [2.24, 2.45) is 0 Å². The first-order valence-electron chi connectivity index (χ1n) is 7.33. The smallest absolute Gasteiger partial charge is 0.0502 e. The Hall–Kier alpha value is -1.32. The second kappa shape index (κ2) is 16.1. The Morgan fingerprint density at radius 3 is 2.14 bits per heavy atom. The Kier molecular flexibility index (Phi) is 16.8. The minimum absolute atomic E-state index is 0.889. The van der Waals surface area contributed by atoms with E-state index in [1.165, 1.54) is 10.1 Å². The number of hydrogen-bond donors (Lipinski definition) is 1. The van der Waals surface area contributed by atoms with E-state index in [9.17, 15) is 0 Å². The molecule has 122 valence electrons. The van der Waals surface area contributed by atoms with Gasteiger partial charge in [0.15, 0.2) is 0 Å². The van der Waals surface area contributed by atoms with Crippen molar-refractivity contribution >= 4 is 43.0 Å². The molecular formula is C19H28BrNS. The number of nitrogen functional groups attached to an aromatic ring is 1. The predicted molar refractivity (Wildman–Crippen MR) is 111 cm³/mol. The van der Waals surface area contributed by atoms with Gasteiger partial charge in [0.05, 0.1) is 5.69 Å². The Labute approximate surface area is 148 Å². The van der Waals surface area contributed by atoms with Crippen LogP contribution in [0.25, 0.3) is 10.1 Å². The van der Waals surface area contributed by atoms with E-state index in [1.807, 2.05) is 76.4 Å². The molecule has 2 N–H and O–H groups in total. The van der Waals surface area contributed by atoms with E-state index in [-0.39, 0.29) is 0 Å². The zero-order chi connectivity index (χ0) is 17.4. The summed E-state index contributed by atoms with van der Waals surface area (Å²) in [6, 6.07) is 8.15. The molecule has 0 amide bonds. The number of hydrogen-bond acceptors (Lipinski definition) is 2. The number of fused-ring (bicyclic) bond motifs is 1. The van der Waals surface area contributed by atoms with E-state index >= 15 is 0 Å². The Bertz CT molecular complexity index is 568. The van der Waals surface area contributed by atoms with E-state index in [0.29, 0.717) is 0 Å². The lowest BCUT2D eigenvalue weighted by molar-refractivity contribution is 1.50. The van der Waals surface area contributed by atoms with Gasteiger partial charge in [0.1, 0.15) is 0 Å².